The van der Waals surface area contributed by atoms with Crippen molar-refractivity contribution in [3.63, 3.8) is 0 Å². The van der Waals surface area contributed by atoms with Gasteiger partial charge < -0.3 is 10.8 Å². The lowest BCUT2D eigenvalue weighted by molar-refractivity contribution is 0.128. The van der Waals surface area contributed by atoms with Gasteiger partial charge in [-0.25, -0.2) is 0 Å². The molecule has 2 nitrogen and oxygen atoms in total. The Labute approximate surface area is 118 Å². The zero-order valence-electron chi connectivity index (χ0n) is 10.3. The van der Waals surface area contributed by atoms with Crippen LogP contribution in [-0.2, 0) is 0 Å². The van der Waals surface area contributed by atoms with Crippen molar-refractivity contribution in [1.82, 2.24) is 0 Å². The van der Waals surface area contributed by atoms with E-state index in [1.165, 1.54) is 0 Å². The summed E-state index contributed by atoms with van der Waals surface area (Å²) in [7, 11) is 0. The zero-order valence-corrected chi connectivity index (χ0v) is 12.7. The van der Waals surface area contributed by atoms with E-state index in [1.54, 1.807) is 0 Å². The fourth-order valence-electron chi connectivity index (χ4n) is 1.59. The molecule has 0 aliphatic carbocycles. The maximum absolute atomic E-state index is 9.95. The minimum Gasteiger partial charge on any atom is -0.391 e. The molecule has 4 heteroatoms. The minimum atomic E-state index is -0.455. The Morgan fingerprint density at radius 2 is 1.71 bits per heavy atom. The molecule has 0 radical (unpaired) electrons. The van der Waals surface area contributed by atoms with Crippen LogP contribution in [0.4, 0.5) is 0 Å². The van der Waals surface area contributed by atoms with E-state index in [9.17, 15) is 5.11 Å². The predicted octanol–water partition coefficient (Wildman–Crippen LogP) is 3.67. The number of hydrogen-bond acceptors (Lipinski definition) is 2. The van der Waals surface area contributed by atoms with Gasteiger partial charge in [0.05, 0.1) is 12.1 Å². The van der Waals surface area contributed by atoms with Crippen molar-refractivity contribution < 1.29 is 5.11 Å². The van der Waals surface area contributed by atoms with E-state index < -0.39 is 6.10 Å². The molecule has 0 spiro atoms. The van der Waals surface area contributed by atoms with E-state index >= 15 is 0 Å². The number of benzene rings is 1. The van der Waals surface area contributed by atoms with Crippen molar-refractivity contribution in [3.05, 3.63) is 34.3 Å². The van der Waals surface area contributed by atoms with Crippen LogP contribution in [0, 0.1) is 5.92 Å². The molecule has 1 aromatic rings. The monoisotopic (exact) mass is 321 g/mol. The molecular formula is C13H21BrClNO. The van der Waals surface area contributed by atoms with Crippen LogP contribution in [0.1, 0.15) is 38.3 Å². The second-order valence-electron chi connectivity index (χ2n) is 4.62. The first-order valence-corrected chi connectivity index (χ1v) is 6.49. The van der Waals surface area contributed by atoms with E-state index in [0.29, 0.717) is 5.92 Å². The molecule has 17 heavy (non-hydrogen) atoms. The van der Waals surface area contributed by atoms with E-state index in [1.807, 2.05) is 24.3 Å². The summed E-state index contributed by atoms with van der Waals surface area (Å²) in [5.74, 6) is 0.603. The van der Waals surface area contributed by atoms with Crippen molar-refractivity contribution in [1.29, 1.82) is 0 Å². The Morgan fingerprint density at radius 3 is 2.18 bits per heavy atom. The smallest absolute Gasteiger partial charge is 0.0732 e. The lowest BCUT2D eigenvalue weighted by atomic mass is 9.96. The predicted molar refractivity (Wildman–Crippen MR) is 78.4 cm³/mol. The molecule has 3 N–H and O–H groups in total. The Balaban J connectivity index is 0.00000256. The van der Waals surface area contributed by atoms with Gasteiger partial charge in [-0.15, -0.1) is 12.4 Å². The summed E-state index contributed by atoms with van der Waals surface area (Å²) >= 11 is 3.38. The molecule has 0 aliphatic heterocycles. The molecule has 0 saturated carbocycles. The van der Waals surface area contributed by atoms with Gasteiger partial charge in [0.15, 0.2) is 0 Å². The number of rotatable bonds is 5. The summed E-state index contributed by atoms with van der Waals surface area (Å²) < 4.78 is 1.03. The third-order valence-electron chi connectivity index (χ3n) is 2.71. The summed E-state index contributed by atoms with van der Waals surface area (Å²) in [6.45, 7) is 4.30. The first-order chi connectivity index (χ1) is 7.50. The topological polar surface area (TPSA) is 46.2 Å². The van der Waals surface area contributed by atoms with Gasteiger partial charge in [0.2, 0.25) is 0 Å². The van der Waals surface area contributed by atoms with Crippen molar-refractivity contribution in [3.8, 4) is 0 Å². The van der Waals surface area contributed by atoms with Crippen LogP contribution in [0.2, 0.25) is 0 Å². The maximum Gasteiger partial charge on any atom is 0.0732 e. The molecule has 2 atom stereocenters. The first-order valence-electron chi connectivity index (χ1n) is 5.70. The largest absolute Gasteiger partial charge is 0.391 e. The molecule has 1 rings (SSSR count). The summed E-state index contributed by atoms with van der Waals surface area (Å²) in [6, 6.07) is 7.52. The fourth-order valence-corrected chi connectivity index (χ4v) is 1.86. The SMILES string of the molecule is CC(C)CC[C@H](O)[C@H](N)c1ccc(Br)cc1.Cl. The van der Waals surface area contributed by atoms with E-state index in [-0.39, 0.29) is 18.4 Å². The molecule has 0 unspecified atom stereocenters. The molecule has 0 amide bonds. The van der Waals surface area contributed by atoms with Gasteiger partial charge in [-0.1, -0.05) is 41.9 Å². The fraction of sp³-hybridized carbons (Fsp3) is 0.538. The van der Waals surface area contributed by atoms with E-state index in [0.717, 1.165) is 22.9 Å². The highest BCUT2D eigenvalue weighted by Crippen LogP contribution is 2.21. The van der Waals surface area contributed by atoms with Gasteiger partial charge in [0.1, 0.15) is 0 Å². The van der Waals surface area contributed by atoms with Crippen LogP contribution in [0.3, 0.4) is 0 Å². The summed E-state index contributed by atoms with van der Waals surface area (Å²) in [4.78, 5) is 0. The van der Waals surface area contributed by atoms with Crippen LogP contribution in [0.15, 0.2) is 28.7 Å². The maximum atomic E-state index is 9.95. The molecular weight excluding hydrogens is 302 g/mol. The molecule has 0 fully saturated rings. The van der Waals surface area contributed by atoms with Gasteiger partial charge in [-0.2, -0.15) is 0 Å². The Hall–Kier alpha value is -0.0900. The second-order valence-corrected chi connectivity index (χ2v) is 5.53. The van der Waals surface area contributed by atoms with Crippen molar-refractivity contribution in [2.45, 2.75) is 38.8 Å². The van der Waals surface area contributed by atoms with E-state index in [2.05, 4.69) is 29.8 Å². The van der Waals surface area contributed by atoms with Crippen LogP contribution in [0.25, 0.3) is 0 Å². The Morgan fingerprint density at radius 1 is 1.18 bits per heavy atom. The lowest BCUT2D eigenvalue weighted by Crippen LogP contribution is -2.26. The van der Waals surface area contributed by atoms with Crippen LogP contribution >= 0.6 is 28.3 Å². The van der Waals surface area contributed by atoms with Gasteiger partial charge in [-0.3, -0.25) is 0 Å². The average molecular weight is 323 g/mol. The first kappa shape index (κ1) is 16.9. The number of aliphatic hydroxyl groups is 1. The van der Waals surface area contributed by atoms with Crippen LogP contribution in [-0.4, -0.2) is 11.2 Å². The summed E-state index contributed by atoms with van der Waals surface area (Å²) in [5, 5.41) is 9.95. The van der Waals surface area contributed by atoms with Crippen LogP contribution in [0.5, 0.6) is 0 Å². The summed E-state index contributed by atoms with van der Waals surface area (Å²) in [5.41, 5.74) is 7.00. The minimum absolute atomic E-state index is 0. The number of halogens is 2. The highest BCUT2D eigenvalue weighted by Gasteiger charge is 2.16. The van der Waals surface area contributed by atoms with Crippen LogP contribution < -0.4 is 5.73 Å². The van der Waals surface area contributed by atoms with Gasteiger partial charge in [-0.05, 0) is 36.5 Å². The quantitative estimate of drug-likeness (QED) is 0.869. The third kappa shape index (κ3) is 5.87. The lowest BCUT2D eigenvalue weighted by Gasteiger charge is -2.20. The Kier molecular flexibility index (Phi) is 8.05. The van der Waals surface area contributed by atoms with Crippen molar-refractivity contribution in [2.24, 2.45) is 11.7 Å². The highest BCUT2D eigenvalue weighted by atomic mass is 79.9. The highest BCUT2D eigenvalue weighted by molar-refractivity contribution is 9.10. The molecule has 1 aromatic carbocycles. The molecule has 0 aliphatic rings. The standard InChI is InChI=1S/C13H20BrNO.ClH/c1-9(2)3-8-12(16)13(15)10-4-6-11(14)7-5-10;/h4-7,9,12-13,16H,3,8,15H2,1-2H3;1H/t12-,13+;/m0./s1. The normalized spacial score (nSPS) is 14.2. The zero-order chi connectivity index (χ0) is 12.1. The van der Waals surface area contributed by atoms with Gasteiger partial charge in [0.25, 0.3) is 0 Å². The van der Waals surface area contributed by atoms with Crippen molar-refractivity contribution >= 4 is 28.3 Å². The third-order valence-corrected chi connectivity index (χ3v) is 3.24. The Bertz CT molecular complexity index is 316. The number of aliphatic hydroxyl groups excluding tert-OH is 1. The second kappa shape index (κ2) is 8.09. The molecule has 0 aromatic heterocycles. The summed E-state index contributed by atoms with van der Waals surface area (Å²) in [6.07, 6.45) is 1.31. The van der Waals surface area contributed by atoms with E-state index in [4.69, 9.17) is 5.73 Å². The molecule has 98 valence electrons. The number of hydrogen-bond donors (Lipinski definition) is 2. The van der Waals surface area contributed by atoms with Crippen molar-refractivity contribution in [2.75, 3.05) is 0 Å². The average Bonchev–Trinajstić information content (AvgIpc) is 2.26. The molecule has 0 heterocycles. The number of nitrogens with two attached hydrogens (primary N) is 1. The molecule has 0 saturated heterocycles. The molecule has 0 bridgehead atoms. The van der Waals surface area contributed by atoms with Gasteiger partial charge in [0, 0.05) is 4.47 Å². The van der Waals surface area contributed by atoms with Gasteiger partial charge >= 0.3 is 0 Å².